The molecular weight excluding hydrogens is 307 g/mol. The van der Waals surface area contributed by atoms with Gasteiger partial charge in [-0.2, -0.15) is 18.3 Å². The maximum atomic E-state index is 12.7. The molecule has 1 aromatic carbocycles. The Balaban J connectivity index is 1.78. The predicted molar refractivity (Wildman–Crippen MR) is 80.5 cm³/mol. The molecule has 0 atom stereocenters. The largest absolute Gasteiger partial charge is 0.416 e. The number of alkyl halides is 3. The molecule has 0 radical (unpaired) electrons. The lowest BCUT2D eigenvalue weighted by molar-refractivity contribution is -0.137. The quantitative estimate of drug-likeness (QED) is 0.671. The maximum absolute atomic E-state index is 12.7. The number of hydrogen-bond acceptors (Lipinski definition) is 3. The number of nitrogens with zero attached hydrogens (tertiary/aromatic N) is 3. The molecule has 0 aliphatic heterocycles. The van der Waals surface area contributed by atoms with E-state index in [9.17, 15) is 13.2 Å². The van der Waals surface area contributed by atoms with E-state index in [1.54, 1.807) is 12.2 Å². The maximum Gasteiger partial charge on any atom is 0.416 e. The van der Waals surface area contributed by atoms with Crippen LogP contribution in [0.3, 0.4) is 0 Å². The summed E-state index contributed by atoms with van der Waals surface area (Å²) in [6.07, 6.45) is 0.885. The molecule has 3 rings (SSSR count). The van der Waals surface area contributed by atoms with Gasteiger partial charge in [0.25, 0.3) is 0 Å². The molecule has 120 valence electrons. The monoisotopic (exact) mass is 321 g/mol. The van der Waals surface area contributed by atoms with Gasteiger partial charge in [0, 0.05) is 5.56 Å². The van der Waals surface area contributed by atoms with Crippen molar-refractivity contribution in [3.8, 4) is 11.4 Å². The summed E-state index contributed by atoms with van der Waals surface area (Å²) in [6.45, 7) is 0. The predicted octanol–water partition coefficient (Wildman–Crippen LogP) is 3.02. The molecule has 1 aromatic heterocycles. The minimum absolute atomic E-state index is 0.188. The molecule has 0 amide bonds. The van der Waals surface area contributed by atoms with E-state index in [0.29, 0.717) is 17.7 Å². The summed E-state index contributed by atoms with van der Waals surface area (Å²) in [5.41, 5.74) is 5.27. The van der Waals surface area contributed by atoms with Crippen LogP contribution >= 0.6 is 0 Å². The molecule has 5 nitrogen and oxygen atoms in total. The molecule has 2 aromatic rings. The number of amidine groups is 1. The Morgan fingerprint density at radius 2 is 2.13 bits per heavy atom. The fourth-order valence-electron chi connectivity index (χ4n) is 1.93. The summed E-state index contributed by atoms with van der Waals surface area (Å²) in [4.78, 5) is 8.37. The topological polar surface area (TPSA) is 80.0 Å². The van der Waals surface area contributed by atoms with Gasteiger partial charge in [0.1, 0.15) is 11.7 Å². The summed E-state index contributed by atoms with van der Waals surface area (Å²) in [7, 11) is 0. The molecule has 1 aliphatic rings. The Bertz CT molecular complexity index is 756. The normalized spacial score (nSPS) is 16.2. The molecule has 1 fully saturated rings. The van der Waals surface area contributed by atoms with Crippen LogP contribution in [0.4, 0.5) is 13.2 Å². The van der Waals surface area contributed by atoms with Gasteiger partial charge in [-0.15, -0.1) is 0 Å². The Hall–Kier alpha value is -2.64. The van der Waals surface area contributed by atoms with Crippen LogP contribution < -0.4 is 5.73 Å². The van der Waals surface area contributed by atoms with Gasteiger partial charge in [-0.25, -0.2) is 4.98 Å². The van der Waals surface area contributed by atoms with Gasteiger partial charge in [0.2, 0.25) is 0 Å². The van der Waals surface area contributed by atoms with Crippen LogP contribution in [0.15, 0.2) is 35.3 Å². The average Bonchev–Trinajstić information content (AvgIpc) is 3.18. The highest BCUT2D eigenvalue weighted by Crippen LogP contribution is 2.31. The molecule has 3 N–H and O–H groups in total. The molecule has 0 saturated heterocycles. The van der Waals surface area contributed by atoms with Crippen molar-refractivity contribution in [2.45, 2.75) is 25.1 Å². The van der Waals surface area contributed by atoms with Crippen LogP contribution in [-0.4, -0.2) is 27.1 Å². The van der Waals surface area contributed by atoms with E-state index >= 15 is 0 Å². The number of hydrogen-bond donors (Lipinski definition) is 2. The second-order valence-electron chi connectivity index (χ2n) is 5.24. The van der Waals surface area contributed by atoms with E-state index in [0.717, 1.165) is 25.0 Å². The van der Waals surface area contributed by atoms with Crippen LogP contribution in [0, 0.1) is 0 Å². The molecule has 23 heavy (non-hydrogen) atoms. The zero-order valence-electron chi connectivity index (χ0n) is 12.0. The van der Waals surface area contributed by atoms with Crippen LogP contribution in [0.1, 0.15) is 24.2 Å². The lowest BCUT2D eigenvalue weighted by Gasteiger charge is -2.06. The van der Waals surface area contributed by atoms with Crippen LogP contribution in [0.5, 0.6) is 0 Å². The van der Waals surface area contributed by atoms with Gasteiger partial charge < -0.3 is 5.73 Å². The molecule has 0 unspecified atom stereocenters. The molecule has 1 saturated carbocycles. The van der Waals surface area contributed by atoms with Gasteiger partial charge in [-0.05, 0) is 37.1 Å². The number of aliphatic imine (C=N–C) groups is 1. The molecule has 0 spiro atoms. The number of aromatic amines is 1. The van der Waals surface area contributed by atoms with E-state index in [4.69, 9.17) is 5.73 Å². The number of nitrogens with two attached hydrogens (primary N) is 1. The highest BCUT2D eigenvalue weighted by atomic mass is 19.4. The Kier molecular flexibility index (Phi) is 3.89. The first-order valence-electron chi connectivity index (χ1n) is 7.03. The molecule has 8 heteroatoms. The molecule has 0 bridgehead atoms. The summed E-state index contributed by atoms with van der Waals surface area (Å²) < 4.78 is 38.2. The summed E-state index contributed by atoms with van der Waals surface area (Å²) in [5.74, 6) is 0.976. The van der Waals surface area contributed by atoms with Gasteiger partial charge >= 0.3 is 6.18 Å². The molecule has 1 heterocycles. The van der Waals surface area contributed by atoms with Crippen LogP contribution in [0.25, 0.3) is 17.5 Å². The fraction of sp³-hybridized carbons (Fsp3) is 0.267. The lowest BCUT2D eigenvalue weighted by Crippen LogP contribution is -2.08. The summed E-state index contributed by atoms with van der Waals surface area (Å²) in [5, 5.41) is 6.57. The Morgan fingerprint density at radius 1 is 1.35 bits per heavy atom. The minimum Gasteiger partial charge on any atom is -0.384 e. The third-order valence-electron chi connectivity index (χ3n) is 3.24. The van der Waals surface area contributed by atoms with E-state index in [1.807, 2.05) is 0 Å². The average molecular weight is 321 g/mol. The zero-order chi connectivity index (χ0) is 16.4. The Labute approximate surface area is 130 Å². The highest BCUT2D eigenvalue weighted by molar-refractivity contribution is 5.95. The minimum atomic E-state index is -4.40. The van der Waals surface area contributed by atoms with Crippen molar-refractivity contribution in [2.75, 3.05) is 0 Å². The number of aromatic nitrogens is 3. The zero-order valence-corrected chi connectivity index (χ0v) is 12.0. The SMILES string of the molecule is NC(/C=C\c1nc(-c2cccc(C(F)(F)F)c2)n[nH]1)=NC1CC1. The van der Waals surface area contributed by atoms with E-state index < -0.39 is 11.7 Å². The van der Waals surface area contributed by atoms with Gasteiger partial charge in [-0.1, -0.05) is 12.1 Å². The second-order valence-corrected chi connectivity index (χ2v) is 5.24. The van der Waals surface area contributed by atoms with Crippen molar-refractivity contribution < 1.29 is 13.2 Å². The van der Waals surface area contributed by atoms with Crippen molar-refractivity contribution in [1.29, 1.82) is 0 Å². The third kappa shape index (κ3) is 3.97. The molecule has 1 aliphatic carbocycles. The number of H-pyrrole nitrogens is 1. The first-order valence-corrected chi connectivity index (χ1v) is 7.03. The van der Waals surface area contributed by atoms with Crippen LogP contribution in [0.2, 0.25) is 0 Å². The number of nitrogens with one attached hydrogen (secondary N) is 1. The number of halogens is 3. The second kappa shape index (κ2) is 5.86. The van der Waals surface area contributed by atoms with Crippen molar-refractivity contribution in [2.24, 2.45) is 10.7 Å². The highest BCUT2D eigenvalue weighted by Gasteiger charge is 2.30. The summed E-state index contributed by atoms with van der Waals surface area (Å²) in [6, 6.07) is 5.18. The summed E-state index contributed by atoms with van der Waals surface area (Å²) >= 11 is 0. The fourth-order valence-corrected chi connectivity index (χ4v) is 1.93. The molecular formula is C15H14F3N5. The smallest absolute Gasteiger partial charge is 0.384 e. The first-order chi connectivity index (χ1) is 10.9. The van der Waals surface area contributed by atoms with Crippen LogP contribution in [-0.2, 0) is 6.18 Å². The van der Waals surface area contributed by atoms with Crippen molar-refractivity contribution in [1.82, 2.24) is 15.2 Å². The van der Waals surface area contributed by atoms with Crippen molar-refractivity contribution in [3.63, 3.8) is 0 Å². The lowest BCUT2D eigenvalue weighted by atomic mass is 10.1. The Morgan fingerprint density at radius 3 is 2.83 bits per heavy atom. The standard InChI is InChI=1S/C15H14F3N5/c16-15(17,18)10-3-1-2-9(8-10)14-21-13(22-23-14)7-6-12(19)20-11-4-5-11/h1-3,6-8,11H,4-5H2,(H2,19,20)(H,21,22,23)/b7-6-. The van der Waals surface area contributed by atoms with Gasteiger partial charge in [0.05, 0.1) is 11.6 Å². The third-order valence-corrected chi connectivity index (χ3v) is 3.24. The van der Waals surface area contributed by atoms with E-state index in [2.05, 4.69) is 20.2 Å². The van der Waals surface area contributed by atoms with E-state index in [1.165, 1.54) is 12.1 Å². The number of rotatable bonds is 4. The first kappa shape index (κ1) is 15.3. The van der Waals surface area contributed by atoms with Gasteiger partial charge in [0.15, 0.2) is 5.82 Å². The van der Waals surface area contributed by atoms with Crippen molar-refractivity contribution in [3.05, 3.63) is 41.7 Å². The van der Waals surface area contributed by atoms with Gasteiger partial charge in [-0.3, -0.25) is 10.1 Å². The van der Waals surface area contributed by atoms with E-state index in [-0.39, 0.29) is 11.4 Å². The van der Waals surface area contributed by atoms with Crippen molar-refractivity contribution >= 4 is 11.9 Å². The number of benzene rings is 1.